The molecule has 0 radical (unpaired) electrons. The lowest BCUT2D eigenvalue weighted by atomic mass is 9.88. The summed E-state index contributed by atoms with van der Waals surface area (Å²) in [7, 11) is 9.94. The van der Waals surface area contributed by atoms with Gasteiger partial charge in [-0.2, -0.15) is 0 Å². The van der Waals surface area contributed by atoms with Crippen molar-refractivity contribution in [1.29, 1.82) is 0 Å². The van der Waals surface area contributed by atoms with Gasteiger partial charge in [0.05, 0.1) is 40.3 Å². The van der Waals surface area contributed by atoms with Gasteiger partial charge in [-0.15, -0.1) is 0 Å². The molecule has 2 heteroatoms. The zero-order valence-corrected chi connectivity index (χ0v) is 17.2. The largest absolute Gasteiger partial charge is 0.321 e. The van der Waals surface area contributed by atoms with Gasteiger partial charge in [-0.25, -0.2) is 0 Å². The lowest BCUT2D eigenvalue weighted by Crippen LogP contribution is -2.59. The molecular formula is C24H38N2+2. The summed E-state index contributed by atoms with van der Waals surface area (Å²) in [5.74, 6) is 3.10. The SMILES string of the molecule is C[N+](C)(CC[N+](C)(C)C1CCC2C=CC=CC21)C1CCC2C=CC=CC21. The topological polar surface area (TPSA) is 0 Å². The molecule has 0 N–H and O–H groups in total. The van der Waals surface area contributed by atoms with Crippen LogP contribution in [0.1, 0.15) is 25.7 Å². The third-order valence-electron chi connectivity index (χ3n) is 8.12. The van der Waals surface area contributed by atoms with E-state index in [0.717, 1.165) is 35.8 Å². The molecule has 26 heavy (non-hydrogen) atoms. The summed E-state index contributed by atoms with van der Waals surface area (Å²) in [5, 5.41) is 0. The quantitative estimate of drug-likeness (QED) is 0.650. The fraction of sp³-hybridized carbons (Fsp3) is 0.667. The number of hydrogen-bond donors (Lipinski definition) is 0. The second kappa shape index (κ2) is 6.80. The zero-order valence-electron chi connectivity index (χ0n) is 17.2. The molecule has 6 atom stereocenters. The highest BCUT2D eigenvalue weighted by atomic mass is 15.4. The van der Waals surface area contributed by atoms with Crippen LogP contribution in [0.25, 0.3) is 0 Å². The minimum absolute atomic E-state index is 0.757. The Hall–Kier alpha value is -1.12. The van der Waals surface area contributed by atoms with Crippen LogP contribution in [-0.4, -0.2) is 62.3 Å². The van der Waals surface area contributed by atoms with E-state index in [4.69, 9.17) is 0 Å². The van der Waals surface area contributed by atoms with Crippen molar-refractivity contribution < 1.29 is 8.97 Å². The van der Waals surface area contributed by atoms with Crippen molar-refractivity contribution in [3.63, 3.8) is 0 Å². The van der Waals surface area contributed by atoms with Crippen molar-refractivity contribution >= 4 is 0 Å². The van der Waals surface area contributed by atoms with Crippen molar-refractivity contribution in [3.8, 4) is 0 Å². The lowest BCUT2D eigenvalue weighted by Gasteiger charge is -2.44. The number of quaternary nitrogens is 2. The zero-order chi connectivity index (χ0) is 18.4. The van der Waals surface area contributed by atoms with Gasteiger partial charge in [-0.05, 0) is 24.7 Å². The molecule has 6 unspecified atom stereocenters. The molecule has 2 fully saturated rings. The van der Waals surface area contributed by atoms with Crippen molar-refractivity contribution in [2.75, 3.05) is 41.3 Å². The summed E-state index contributed by atoms with van der Waals surface area (Å²) >= 11 is 0. The second-order valence-corrected chi connectivity index (χ2v) is 10.3. The molecule has 0 spiro atoms. The van der Waals surface area contributed by atoms with Gasteiger partial charge in [0, 0.05) is 24.7 Å². The van der Waals surface area contributed by atoms with Crippen molar-refractivity contribution in [1.82, 2.24) is 0 Å². The van der Waals surface area contributed by atoms with Gasteiger partial charge in [0.2, 0.25) is 0 Å². The predicted molar refractivity (Wildman–Crippen MR) is 111 cm³/mol. The summed E-state index contributed by atoms with van der Waals surface area (Å²) in [5.41, 5.74) is 0. The smallest absolute Gasteiger partial charge is 0.128 e. The molecule has 4 rings (SSSR count). The maximum Gasteiger partial charge on any atom is 0.128 e. The molecule has 0 heterocycles. The molecule has 4 aliphatic carbocycles. The first kappa shape index (κ1) is 18.3. The normalized spacial score (nSPS) is 38.6. The molecule has 0 aromatic carbocycles. The lowest BCUT2D eigenvalue weighted by molar-refractivity contribution is -0.970. The number of nitrogens with zero attached hydrogens (tertiary/aromatic N) is 2. The highest BCUT2D eigenvalue weighted by Crippen LogP contribution is 2.42. The summed E-state index contributed by atoms with van der Waals surface area (Å²) in [6.07, 6.45) is 24.5. The molecule has 2 nitrogen and oxygen atoms in total. The number of likely N-dealkylation sites (N-methyl/N-ethyl adjacent to an activating group) is 2. The van der Waals surface area contributed by atoms with Gasteiger partial charge in [-0.1, -0.05) is 48.6 Å². The summed E-state index contributed by atoms with van der Waals surface area (Å²) in [4.78, 5) is 0. The Morgan fingerprint density at radius 1 is 0.577 bits per heavy atom. The van der Waals surface area contributed by atoms with Crippen LogP contribution in [0.3, 0.4) is 0 Å². The number of hydrogen-bond acceptors (Lipinski definition) is 0. The number of rotatable bonds is 5. The Morgan fingerprint density at radius 2 is 0.962 bits per heavy atom. The van der Waals surface area contributed by atoms with E-state index in [-0.39, 0.29) is 0 Å². The van der Waals surface area contributed by atoms with Crippen LogP contribution in [0.4, 0.5) is 0 Å². The van der Waals surface area contributed by atoms with Crippen LogP contribution in [-0.2, 0) is 0 Å². The Balaban J connectivity index is 1.41. The van der Waals surface area contributed by atoms with Crippen LogP contribution in [0.2, 0.25) is 0 Å². The molecule has 0 saturated heterocycles. The standard InChI is InChI=1S/C24H38N2/c1-25(2,23-15-13-19-9-5-7-11-21(19)23)17-18-26(3,4)24-16-14-20-10-6-8-12-22(20)24/h5-12,19-24H,13-18H2,1-4H3/q+2. The molecule has 0 aromatic heterocycles. The van der Waals surface area contributed by atoms with Gasteiger partial charge >= 0.3 is 0 Å². The van der Waals surface area contributed by atoms with E-state index in [1.54, 1.807) is 0 Å². The minimum Gasteiger partial charge on any atom is -0.321 e. The van der Waals surface area contributed by atoms with Gasteiger partial charge in [0.15, 0.2) is 0 Å². The van der Waals surface area contributed by atoms with Gasteiger partial charge in [0.25, 0.3) is 0 Å². The van der Waals surface area contributed by atoms with Crippen molar-refractivity contribution in [3.05, 3.63) is 48.6 Å². The first-order valence-corrected chi connectivity index (χ1v) is 10.7. The Bertz CT molecular complexity index is 581. The summed E-state index contributed by atoms with van der Waals surface area (Å²) in [6.45, 7) is 2.57. The number of fused-ring (bicyclic) bond motifs is 2. The average Bonchev–Trinajstić information content (AvgIpc) is 3.25. The molecular weight excluding hydrogens is 316 g/mol. The monoisotopic (exact) mass is 354 g/mol. The Morgan fingerprint density at radius 3 is 1.38 bits per heavy atom. The minimum atomic E-state index is 0.757. The highest BCUT2D eigenvalue weighted by molar-refractivity contribution is 5.18. The molecule has 4 aliphatic rings. The Kier molecular flexibility index (Phi) is 4.77. The third-order valence-corrected chi connectivity index (χ3v) is 8.12. The number of allylic oxidation sites excluding steroid dienone is 6. The molecule has 0 aromatic rings. The van der Waals surface area contributed by atoms with Crippen LogP contribution < -0.4 is 0 Å². The molecule has 0 amide bonds. The first-order chi connectivity index (χ1) is 12.4. The first-order valence-electron chi connectivity index (χ1n) is 10.7. The summed E-state index contributed by atoms with van der Waals surface area (Å²) < 4.78 is 2.36. The van der Waals surface area contributed by atoms with E-state index < -0.39 is 0 Å². The van der Waals surface area contributed by atoms with Crippen LogP contribution in [0.5, 0.6) is 0 Å². The van der Waals surface area contributed by atoms with E-state index in [2.05, 4.69) is 76.8 Å². The molecule has 2 saturated carbocycles. The fourth-order valence-electron chi connectivity index (χ4n) is 6.33. The third kappa shape index (κ3) is 3.27. The fourth-order valence-corrected chi connectivity index (χ4v) is 6.33. The van der Waals surface area contributed by atoms with E-state index in [1.807, 2.05) is 0 Å². The van der Waals surface area contributed by atoms with E-state index in [1.165, 1.54) is 47.7 Å². The summed E-state index contributed by atoms with van der Waals surface area (Å²) in [6, 6.07) is 1.57. The van der Waals surface area contributed by atoms with Gasteiger partial charge < -0.3 is 8.97 Å². The van der Waals surface area contributed by atoms with E-state index in [0.29, 0.717) is 0 Å². The van der Waals surface area contributed by atoms with Crippen LogP contribution in [0.15, 0.2) is 48.6 Å². The van der Waals surface area contributed by atoms with Gasteiger partial charge in [0.1, 0.15) is 13.1 Å². The van der Waals surface area contributed by atoms with Crippen molar-refractivity contribution in [2.24, 2.45) is 23.7 Å². The van der Waals surface area contributed by atoms with Crippen molar-refractivity contribution in [2.45, 2.75) is 37.8 Å². The van der Waals surface area contributed by atoms with Crippen LogP contribution >= 0.6 is 0 Å². The average molecular weight is 355 g/mol. The maximum absolute atomic E-state index is 2.49. The highest BCUT2D eigenvalue weighted by Gasteiger charge is 2.46. The second-order valence-electron chi connectivity index (χ2n) is 10.3. The Labute approximate surface area is 160 Å². The van der Waals surface area contributed by atoms with Gasteiger partial charge in [-0.3, -0.25) is 0 Å². The van der Waals surface area contributed by atoms with Crippen LogP contribution in [0, 0.1) is 23.7 Å². The van der Waals surface area contributed by atoms with E-state index >= 15 is 0 Å². The molecule has 0 aliphatic heterocycles. The molecule has 142 valence electrons. The van der Waals surface area contributed by atoms with E-state index in [9.17, 15) is 0 Å². The maximum atomic E-state index is 2.49. The predicted octanol–water partition coefficient (Wildman–Crippen LogP) is 4.18. The molecule has 0 bridgehead atoms.